The molecule has 0 radical (unpaired) electrons. The molecule has 0 saturated carbocycles. The number of hydrogen-bond donors (Lipinski definition) is 1. The second kappa shape index (κ2) is 13.4. The predicted octanol–water partition coefficient (Wildman–Crippen LogP) is 4.74. The number of amides is 2. The van der Waals surface area contributed by atoms with E-state index in [2.05, 4.69) is 5.32 Å². The highest BCUT2D eigenvalue weighted by atomic mass is 32.2. The average Bonchev–Trinajstić information content (AvgIpc) is 2.88. The number of carbonyl (C=O) groups excluding carboxylic acids is 2. The van der Waals surface area contributed by atoms with Crippen LogP contribution >= 0.6 is 11.8 Å². The number of nitro groups is 1. The first-order valence-corrected chi connectivity index (χ1v) is 12.7. The van der Waals surface area contributed by atoms with E-state index in [-0.39, 0.29) is 35.6 Å². The molecule has 1 N–H and O–H groups in total. The van der Waals surface area contributed by atoms with E-state index < -0.39 is 11.0 Å². The second-order valence-corrected chi connectivity index (χ2v) is 9.15. The Kier molecular flexibility index (Phi) is 10.00. The molecule has 3 aromatic rings. The lowest BCUT2D eigenvalue weighted by Crippen LogP contribution is -2.51. The second-order valence-electron chi connectivity index (χ2n) is 8.16. The third-order valence-electron chi connectivity index (χ3n) is 5.53. The van der Waals surface area contributed by atoms with Gasteiger partial charge in [-0.15, -0.1) is 11.8 Å². The number of thioether (sulfide) groups is 1. The topological polar surface area (TPSA) is 92.6 Å². The molecule has 0 bridgehead atoms. The summed E-state index contributed by atoms with van der Waals surface area (Å²) in [6.45, 7) is 2.41. The van der Waals surface area contributed by atoms with E-state index in [1.54, 1.807) is 29.2 Å². The minimum atomic E-state index is -0.745. The van der Waals surface area contributed by atoms with Gasteiger partial charge in [0.1, 0.15) is 11.9 Å². The molecular formula is C27H28FN3O4S. The van der Waals surface area contributed by atoms with Gasteiger partial charge in [-0.3, -0.25) is 19.7 Å². The molecule has 0 spiro atoms. The normalized spacial score (nSPS) is 11.5. The molecule has 0 aliphatic carbocycles. The van der Waals surface area contributed by atoms with Crippen LogP contribution in [0, 0.1) is 15.9 Å². The fourth-order valence-electron chi connectivity index (χ4n) is 3.69. The maximum absolute atomic E-state index is 13.5. The van der Waals surface area contributed by atoms with Crippen LogP contribution in [0.3, 0.4) is 0 Å². The van der Waals surface area contributed by atoms with Crippen molar-refractivity contribution < 1.29 is 18.9 Å². The summed E-state index contributed by atoms with van der Waals surface area (Å²) in [5, 5.41) is 13.7. The average molecular weight is 510 g/mol. The molecule has 0 aliphatic rings. The zero-order chi connectivity index (χ0) is 25.9. The predicted molar refractivity (Wildman–Crippen MR) is 139 cm³/mol. The number of nitrogens with zero attached hydrogens (tertiary/aromatic N) is 2. The maximum Gasteiger partial charge on any atom is 0.269 e. The quantitative estimate of drug-likeness (QED) is 0.281. The Balaban J connectivity index is 1.79. The van der Waals surface area contributed by atoms with Gasteiger partial charge in [0.05, 0.1) is 10.7 Å². The summed E-state index contributed by atoms with van der Waals surface area (Å²) >= 11 is 1.37. The van der Waals surface area contributed by atoms with Gasteiger partial charge in [0, 0.05) is 37.4 Å². The van der Waals surface area contributed by atoms with Crippen LogP contribution in [-0.2, 0) is 28.3 Å². The smallest absolute Gasteiger partial charge is 0.269 e. The molecule has 7 nitrogen and oxygen atoms in total. The highest BCUT2D eigenvalue weighted by molar-refractivity contribution is 7.99. The van der Waals surface area contributed by atoms with Gasteiger partial charge >= 0.3 is 0 Å². The largest absolute Gasteiger partial charge is 0.355 e. The van der Waals surface area contributed by atoms with Crippen LogP contribution in [0.2, 0.25) is 0 Å². The Morgan fingerprint density at radius 2 is 1.61 bits per heavy atom. The third kappa shape index (κ3) is 7.91. The molecule has 3 aromatic carbocycles. The monoisotopic (exact) mass is 509 g/mol. The van der Waals surface area contributed by atoms with Crippen molar-refractivity contribution in [3.05, 3.63) is 111 Å². The van der Waals surface area contributed by atoms with E-state index in [4.69, 9.17) is 0 Å². The Morgan fingerprint density at radius 1 is 0.972 bits per heavy atom. The molecule has 0 aliphatic heterocycles. The number of halogens is 1. The standard InChI is InChI=1S/C27H28FN3O4S/c1-2-29-27(33)25(16-20-6-4-3-5-7-20)30(17-21-8-12-23(28)13-9-21)26(32)19-36-18-22-10-14-24(15-11-22)31(34)35/h3-15,25H,2,16-19H2,1H3,(H,29,33)/t25-/m0/s1. The molecule has 9 heteroatoms. The zero-order valence-electron chi connectivity index (χ0n) is 19.9. The molecule has 188 valence electrons. The van der Waals surface area contributed by atoms with Gasteiger partial charge in [0.25, 0.3) is 5.69 Å². The van der Waals surface area contributed by atoms with Gasteiger partial charge in [-0.25, -0.2) is 4.39 Å². The molecule has 2 amide bonds. The number of hydrogen-bond acceptors (Lipinski definition) is 5. The van der Waals surface area contributed by atoms with Crippen LogP contribution in [0.4, 0.5) is 10.1 Å². The zero-order valence-corrected chi connectivity index (χ0v) is 20.7. The number of carbonyl (C=O) groups is 2. The van der Waals surface area contributed by atoms with Crippen LogP contribution in [0.25, 0.3) is 0 Å². The molecular weight excluding hydrogens is 481 g/mol. The number of benzene rings is 3. The molecule has 0 fully saturated rings. The fraction of sp³-hybridized carbons (Fsp3) is 0.259. The summed E-state index contributed by atoms with van der Waals surface area (Å²) in [4.78, 5) is 38.5. The Hall–Kier alpha value is -3.72. The number of non-ortho nitro benzene ring substituents is 1. The number of nitrogens with one attached hydrogen (secondary N) is 1. The van der Waals surface area contributed by atoms with Crippen molar-refractivity contribution in [3.8, 4) is 0 Å². The van der Waals surface area contributed by atoms with Crippen LogP contribution in [0.1, 0.15) is 23.6 Å². The van der Waals surface area contributed by atoms with Crippen molar-refractivity contribution in [2.75, 3.05) is 12.3 Å². The van der Waals surface area contributed by atoms with Gasteiger partial charge in [0.2, 0.25) is 11.8 Å². The Bertz CT molecular complexity index is 1160. The number of nitro benzene ring substituents is 1. The first-order valence-electron chi connectivity index (χ1n) is 11.5. The number of likely N-dealkylation sites (N-methyl/N-ethyl adjacent to an activating group) is 1. The highest BCUT2D eigenvalue weighted by Gasteiger charge is 2.30. The SMILES string of the molecule is CCNC(=O)[C@H](Cc1ccccc1)N(Cc1ccc(F)cc1)C(=O)CSCc1ccc([N+](=O)[O-])cc1. The highest BCUT2D eigenvalue weighted by Crippen LogP contribution is 2.20. The van der Waals surface area contributed by atoms with Gasteiger partial charge in [-0.2, -0.15) is 0 Å². The van der Waals surface area contributed by atoms with Crippen molar-refractivity contribution in [2.45, 2.75) is 31.7 Å². The Labute approximate surface area is 213 Å². The molecule has 0 saturated heterocycles. The van der Waals surface area contributed by atoms with Crippen molar-refractivity contribution in [1.29, 1.82) is 0 Å². The van der Waals surface area contributed by atoms with Crippen molar-refractivity contribution in [2.24, 2.45) is 0 Å². The summed E-state index contributed by atoms with van der Waals surface area (Å²) < 4.78 is 13.5. The molecule has 3 rings (SSSR count). The lowest BCUT2D eigenvalue weighted by atomic mass is 10.0. The van der Waals surface area contributed by atoms with E-state index >= 15 is 0 Å². The molecule has 0 unspecified atom stereocenters. The summed E-state index contributed by atoms with van der Waals surface area (Å²) in [5.41, 5.74) is 2.50. The lowest BCUT2D eigenvalue weighted by Gasteiger charge is -2.31. The van der Waals surface area contributed by atoms with Crippen molar-refractivity contribution in [1.82, 2.24) is 10.2 Å². The van der Waals surface area contributed by atoms with E-state index in [9.17, 15) is 24.1 Å². The minimum absolute atomic E-state index is 0.0102. The lowest BCUT2D eigenvalue weighted by molar-refractivity contribution is -0.384. The minimum Gasteiger partial charge on any atom is -0.355 e. The van der Waals surface area contributed by atoms with E-state index in [0.29, 0.717) is 24.3 Å². The number of rotatable bonds is 12. The molecule has 36 heavy (non-hydrogen) atoms. The first kappa shape index (κ1) is 26.9. The van der Waals surface area contributed by atoms with Crippen LogP contribution in [0.15, 0.2) is 78.9 Å². The van der Waals surface area contributed by atoms with Crippen LogP contribution in [0.5, 0.6) is 0 Å². The Morgan fingerprint density at radius 3 is 2.22 bits per heavy atom. The van der Waals surface area contributed by atoms with E-state index in [1.165, 1.54) is 36.0 Å². The van der Waals surface area contributed by atoms with Gasteiger partial charge < -0.3 is 10.2 Å². The summed E-state index contributed by atoms with van der Waals surface area (Å²) in [6, 6.07) is 20.8. The first-order chi connectivity index (χ1) is 17.4. The molecule has 1 atom stereocenters. The van der Waals surface area contributed by atoms with Gasteiger partial charge in [-0.05, 0) is 35.7 Å². The van der Waals surface area contributed by atoms with Gasteiger partial charge in [0.15, 0.2) is 0 Å². The van der Waals surface area contributed by atoms with Crippen LogP contribution < -0.4 is 5.32 Å². The molecule has 0 heterocycles. The summed E-state index contributed by atoms with van der Waals surface area (Å²) in [6.07, 6.45) is 0.340. The van der Waals surface area contributed by atoms with Crippen molar-refractivity contribution >= 4 is 29.3 Å². The van der Waals surface area contributed by atoms with Gasteiger partial charge in [-0.1, -0.05) is 54.6 Å². The molecule has 0 aromatic heterocycles. The van der Waals surface area contributed by atoms with Crippen molar-refractivity contribution in [3.63, 3.8) is 0 Å². The third-order valence-corrected chi connectivity index (χ3v) is 6.52. The van der Waals surface area contributed by atoms with E-state index in [1.807, 2.05) is 37.3 Å². The fourth-order valence-corrected chi connectivity index (χ4v) is 4.56. The summed E-state index contributed by atoms with van der Waals surface area (Å²) in [7, 11) is 0. The summed E-state index contributed by atoms with van der Waals surface area (Å²) in [5.74, 6) is -0.253. The maximum atomic E-state index is 13.5. The van der Waals surface area contributed by atoms with Crippen LogP contribution in [-0.4, -0.2) is 40.0 Å². The van der Waals surface area contributed by atoms with E-state index in [0.717, 1.165) is 11.1 Å².